The van der Waals surface area contributed by atoms with Gasteiger partial charge in [0.25, 0.3) is 5.56 Å². The summed E-state index contributed by atoms with van der Waals surface area (Å²) < 4.78 is 9.31. The number of pyridine rings is 1. The summed E-state index contributed by atoms with van der Waals surface area (Å²) in [5.74, 6) is 0.708. The molecule has 0 radical (unpaired) electrons. The Labute approximate surface area is 152 Å². The van der Waals surface area contributed by atoms with E-state index in [0.29, 0.717) is 13.2 Å². The van der Waals surface area contributed by atoms with Gasteiger partial charge in [-0.15, -0.1) is 0 Å². The monoisotopic (exact) mass is 359 g/mol. The van der Waals surface area contributed by atoms with Crippen molar-refractivity contribution >= 4 is 5.91 Å². The molecule has 2 atom stereocenters. The van der Waals surface area contributed by atoms with Gasteiger partial charge in [0.15, 0.2) is 0 Å². The number of carbonyl (C=O) groups is 1. The van der Waals surface area contributed by atoms with E-state index < -0.39 is 0 Å². The van der Waals surface area contributed by atoms with E-state index in [4.69, 9.17) is 4.74 Å². The summed E-state index contributed by atoms with van der Waals surface area (Å²) in [4.78, 5) is 30.8. The molecule has 3 rings (SSSR count). The number of aromatic nitrogens is 3. The van der Waals surface area contributed by atoms with E-state index in [1.54, 1.807) is 24.5 Å². The second-order valence-corrected chi connectivity index (χ2v) is 6.35. The summed E-state index contributed by atoms with van der Waals surface area (Å²) in [5.41, 5.74) is -0.195. The maximum atomic E-state index is 12.3. The van der Waals surface area contributed by atoms with Gasteiger partial charge >= 0.3 is 0 Å². The van der Waals surface area contributed by atoms with Gasteiger partial charge in [0.05, 0.1) is 18.8 Å². The van der Waals surface area contributed by atoms with Gasteiger partial charge in [-0.05, 0) is 12.6 Å². The Morgan fingerprint density at radius 2 is 2.23 bits per heavy atom. The highest BCUT2D eigenvalue weighted by atomic mass is 16.5. The number of nitrogens with one attached hydrogen (secondary N) is 1. The van der Waals surface area contributed by atoms with Crippen molar-refractivity contribution in [1.29, 1.82) is 0 Å². The second kappa shape index (κ2) is 8.29. The van der Waals surface area contributed by atoms with E-state index in [9.17, 15) is 9.59 Å². The lowest BCUT2D eigenvalue weighted by molar-refractivity contribution is -0.124. The van der Waals surface area contributed by atoms with Crippen LogP contribution in [0.3, 0.4) is 0 Å². The summed E-state index contributed by atoms with van der Waals surface area (Å²) in [6.07, 6.45) is 5.10. The molecule has 1 aliphatic rings. The first-order valence-corrected chi connectivity index (χ1v) is 8.85. The minimum atomic E-state index is -0.214. The Balaban J connectivity index is 1.67. The van der Waals surface area contributed by atoms with E-state index in [0.717, 1.165) is 18.9 Å². The molecule has 1 fully saturated rings. The molecule has 2 aromatic rings. The van der Waals surface area contributed by atoms with Gasteiger partial charge in [0.2, 0.25) is 5.91 Å². The third kappa shape index (κ3) is 4.03. The third-order valence-electron chi connectivity index (χ3n) is 4.70. The molecule has 0 spiro atoms. The predicted octanol–water partition coefficient (Wildman–Crippen LogP) is 0.160. The molecule has 8 heteroatoms. The molecule has 3 heterocycles. The number of hydrogen-bond donors (Lipinski definition) is 1. The van der Waals surface area contributed by atoms with Gasteiger partial charge in [0, 0.05) is 44.8 Å². The largest absolute Gasteiger partial charge is 0.373 e. The number of amides is 1. The van der Waals surface area contributed by atoms with Crippen LogP contribution in [0, 0.1) is 0 Å². The number of morpholine rings is 1. The normalized spacial score (nSPS) is 20.8. The van der Waals surface area contributed by atoms with Crippen LogP contribution in [0.4, 0.5) is 0 Å². The standard InChI is InChI=1S/C18H25N5O3/c1-3-22-10-11-26-14(17(22)18-19-7-9-21(18)2)12-20-15(24)13-23-8-5-4-6-16(23)25/h4-9,14,17H,3,10-13H2,1-2H3,(H,20,24)/t14-,17+/m0/s1. The van der Waals surface area contributed by atoms with Crippen LogP contribution in [-0.4, -0.2) is 57.3 Å². The first-order valence-electron chi connectivity index (χ1n) is 8.85. The lowest BCUT2D eigenvalue weighted by Crippen LogP contribution is -2.50. The minimum Gasteiger partial charge on any atom is -0.373 e. The molecule has 1 aliphatic heterocycles. The fourth-order valence-electron chi connectivity index (χ4n) is 3.32. The zero-order valence-corrected chi connectivity index (χ0v) is 15.2. The number of ether oxygens (including phenoxy) is 1. The molecular formula is C18H25N5O3. The lowest BCUT2D eigenvalue weighted by Gasteiger charge is -2.40. The third-order valence-corrected chi connectivity index (χ3v) is 4.70. The molecular weight excluding hydrogens is 334 g/mol. The topological polar surface area (TPSA) is 81.4 Å². The van der Waals surface area contributed by atoms with Crippen molar-refractivity contribution < 1.29 is 9.53 Å². The number of likely N-dealkylation sites (N-methyl/N-ethyl adjacent to an activating group) is 1. The van der Waals surface area contributed by atoms with E-state index in [2.05, 4.69) is 22.1 Å². The fraction of sp³-hybridized carbons (Fsp3) is 0.500. The molecule has 0 bridgehead atoms. The van der Waals surface area contributed by atoms with Crippen molar-refractivity contribution in [3.05, 3.63) is 53.0 Å². The first-order chi connectivity index (χ1) is 12.6. The fourth-order valence-corrected chi connectivity index (χ4v) is 3.32. The first kappa shape index (κ1) is 18.3. The Bertz CT molecular complexity index is 800. The van der Waals surface area contributed by atoms with E-state index in [1.165, 1.54) is 10.6 Å². The van der Waals surface area contributed by atoms with Crippen LogP contribution in [0.1, 0.15) is 18.8 Å². The quantitative estimate of drug-likeness (QED) is 0.795. The lowest BCUT2D eigenvalue weighted by atomic mass is 10.1. The molecule has 8 nitrogen and oxygen atoms in total. The van der Waals surface area contributed by atoms with Crippen LogP contribution in [0.5, 0.6) is 0 Å². The summed E-state index contributed by atoms with van der Waals surface area (Å²) in [6.45, 7) is 4.81. The molecule has 0 aromatic carbocycles. The summed E-state index contributed by atoms with van der Waals surface area (Å²) in [7, 11) is 1.96. The van der Waals surface area contributed by atoms with Gasteiger partial charge in [0.1, 0.15) is 12.4 Å². The van der Waals surface area contributed by atoms with Crippen molar-refractivity contribution in [2.24, 2.45) is 7.05 Å². The number of nitrogens with zero attached hydrogens (tertiary/aromatic N) is 4. The zero-order chi connectivity index (χ0) is 18.5. The van der Waals surface area contributed by atoms with Gasteiger partial charge in [-0.1, -0.05) is 13.0 Å². The molecule has 1 saturated heterocycles. The van der Waals surface area contributed by atoms with Gasteiger partial charge in [-0.3, -0.25) is 14.5 Å². The molecule has 2 aromatic heterocycles. The van der Waals surface area contributed by atoms with Crippen LogP contribution >= 0.6 is 0 Å². The Morgan fingerprint density at radius 3 is 2.92 bits per heavy atom. The maximum Gasteiger partial charge on any atom is 0.250 e. The molecule has 0 unspecified atom stereocenters. The molecule has 26 heavy (non-hydrogen) atoms. The number of rotatable bonds is 6. The van der Waals surface area contributed by atoms with Crippen LogP contribution in [0.25, 0.3) is 0 Å². The van der Waals surface area contributed by atoms with Crippen LogP contribution < -0.4 is 10.9 Å². The average molecular weight is 359 g/mol. The SMILES string of the molecule is CCN1CCO[C@@H](CNC(=O)Cn2ccccc2=O)[C@@H]1c1nccn1C. The van der Waals surface area contributed by atoms with Crippen molar-refractivity contribution in [1.82, 2.24) is 24.3 Å². The highest BCUT2D eigenvalue weighted by molar-refractivity contribution is 5.75. The number of imidazole rings is 1. The molecule has 0 aliphatic carbocycles. The van der Waals surface area contributed by atoms with Crippen molar-refractivity contribution in [2.45, 2.75) is 25.6 Å². The van der Waals surface area contributed by atoms with Crippen molar-refractivity contribution in [2.75, 3.05) is 26.2 Å². The number of aryl methyl sites for hydroxylation is 1. The Hall–Kier alpha value is -2.45. The molecule has 1 amide bonds. The van der Waals surface area contributed by atoms with Crippen molar-refractivity contribution in [3.63, 3.8) is 0 Å². The smallest absolute Gasteiger partial charge is 0.250 e. The predicted molar refractivity (Wildman–Crippen MR) is 96.6 cm³/mol. The maximum absolute atomic E-state index is 12.3. The summed E-state index contributed by atoms with van der Waals surface area (Å²) >= 11 is 0. The van der Waals surface area contributed by atoms with Crippen LogP contribution in [0.2, 0.25) is 0 Å². The molecule has 1 N–H and O–H groups in total. The van der Waals surface area contributed by atoms with E-state index in [1.807, 2.05) is 17.8 Å². The number of hydrogen-bond acceptors (Lipinski definition) is 5. The van der Waals surface area contributed by atoms with Crippen LogP contribution in [0.15, 0.2) is 41.6 Å². The highest BCUT2D eigenvalue weighted by Gasteiger charge is 2.35. The van der Waals surface area contributed by atoms with Crippen LogP contribution in [-0.2, 0) is 23.1 Å². The molecule has 0 saturated carbocycles. The van der Waals surface area contributed by atoms with Gasteiger partial charge in [-0.25, -0.2) is 4.98 Å². The summed E-state index contributed by atoms with van der Waals surface area (Å²) in [6, 6.07) is 4.81. The summed E-state index contributed by atoms with van der Waals surface area (Å²) in [5, 5.41) is 2.90. The second-order valence-electron chi connectivity index (χ2n) is 6.35. The van der Waals surface area contributed by atoms with Crippen molar-refractivity contribution in [3.8, 4) is 0 Å². The highest BCUT2D eigenvalue weighted by Crippen LogP contribution is 2.27. The van der Waals surface area contributed by atoms with E-state index in [-0.39, 0.29) is 30.2 Å². The Morgan fingerprint density at radius 1 is 1.38 bits per heavy atom. The molecule has 140 valence electrons. The Kier molecular flexibility index (Phi) is 5.85. The van der Waals surface area contributed by atoms with Gasteiger partial charge in [-0.2, -0.15) is 0 Å². The minimum absolute atomic E-state index is 0.00302. The zero-order valence-electron chi connectivity index (χ0n) is 15.2. The van der Waals surface area contributed by atoms with Gasteiger partial charge < -0.3 is 19.2 Å². The average Bonchev–Trinajstić information content (AvgIpc) is 3.07. The van der Waals surface area contributed by atoms with E-state index >= 15 is 0 Å². The number of carbonyl (C=O) groups excluding carboxylic acids is 1.